The molecule has 0 nitrogen and oxygen atoms in total. The van der Waals surface area contributed by atoms with Crippen LogP contribution >= 0.6 is 11.2 Å². The summed E-state index contributed by atoms with van der Waals surface area (Å²) in [7, 11) is -0.981. The molecular weight excluding hydrogens is 168 g/mol. The Bertz CT molecular complexity index is 213. The lowest BCUT2D eigenvalue weighted by Crippen LogP contribution is -2.13. The van der Waals surface area contributed by atoms with Gasteiger partial charge in [0.1, 0.15) is 7.22 Å². The monoisotopic (exact) mass is 182 g/mol. The Morgan fingerprint density at radius 2 is 1.55 bits per heavy atom. The summed E-state index contributed by atoms with van der Waals surface area (Å²) in [6.07, 6.45) is 0. The maximum atomic E-state index is 2.37. The molecule has 0 aliphatic heterocycles. The number of hydrogen-bond acceptors (Lipinski definition) is 1. The van der Waals surface area contributed by atoms with Crippen molar-refractivity contribution in [2.45, 2.75) is 24.5 Å². The molecule has 11 heavy (non-hydrogen) atoms. The standard InChI is InChI=1S/C9H14SSi/c1-11(2,3)10-9-7-5-4-6-8-9/h4-8H,1-3H3. The quantitative estimate of drug-likeness (QED) is 0.630. The van der Waals surface area contributed by atoms with Crippen molar-refractivity contribution in [1.82, 2.24) is 0 Å². The third kappa shape index (κ3) is 3.63. The summed E-state index contributed by atoms with van der Waals surface area (Å²) < 4.78 is 0. The van der Waals surface area contributed by atoms with E-state index in [1.807, 2.05) is 11.2 Å². The Morgan fingerprint density at radius 1 is 1.00 bits per heavy atom. The van der Waals surface area contributed by atoms with Gasteiger partial charge in [0, 0.05) is 4.90 Å². The molecule has 0 saturated carbocycles. The van der Waals surface area contributed by atoms with Crippen LogP contribution in [0.4, 0.5) is 0 Å². The van der Waals surface area contributed by atoms with E-state index in [4.69, 9.17) is 0 Å². The van der Waals surface area contributed by atoms with Crippen LogP contribution in [0.1, 0.15) is 0 Å². The van der Waals surface area contributed by atoms with Gasteiger partial charge in [0.05, 0.1) is 0 Å². The van der Waals surface area contributed by atoms with Crippen LogP contribution in [0.2, 0.25) is 19.6 Å². The lowest BCUT2D eigenvalue weighted by atomic mass is 10.4. The smallest absolute Gasteiger partial charge is 0.114 e. The SMILES string of the molecule is C[Si](C)(C)Sc1ccccc1. The molecule has 0 heterocycles. The second-order valence-corrected chi connectivity index (χ2v) is 12.7. The fourth-order valence-electron chi connectivity index (χ4n) is 0.842. The van der Waals surface area contributed by atoms with Crippen LogP contribution in [0.15, 0.2) is 35.2 Å². The maximum Gasteiger partial charge on any atom is 0.114 e. The average Bonchev–Trinajstić information content (AvgIpc) is 1.85. The number of benzene rings is 1. The van der Waals surface area contributed by atoms with Gasteiger partial charge >= 0.3 is 0 Å². The molecule has 0 aliphatic carbocycles. The largest absolute Gasteiger partial charge is 0.152 e. The molecule has 0 amide bonds. The van der Waals surface area contributed by atoms with Gasteiger partial charge in [-0.25, -0.2) is 0 Å². The molecule has 0 spiro atoms. The molecule has 0 N–H and O–H groups in total. The highest BCUT2D eigenvalue weighted by molar-refractivity contribution is 8.28. The second kappa shape index (κ2) is 3.46. The molecule has 0 bridgehead atoms. The predicted molar refractivity (Wildman–Crippen MR) is 55.6 cm³/mol. The molecule has 1 rings (SSSR count). The molecule has 0 fully saturated rings. The minimum atomic E-state index is -0.981. The zero-order valence-corrected chi connectivity index (χ0v) is 9.11. The van der Waals surface area contributed by atoms with Gasteiger partial charge < -0.3 is 0 Å². The Kier molecular flexibility index (Phi) is 2.79. The summed E-state index contributed by atoms with van der Waals surface area (Å²) in [5, 5.41) is 0. The van der Waals surface area contributed by atoms with Crippen molar-refractivity contribution in [3.63, 3.8) is 0 Å². The summed E-state index contributed by atoms with van der Waals surface area (Å²) in [5.74, 6) is 0. The van der Waals surface area contributed by atoms with Gasteiger partial charge in [0.2, 0.25) is 0 Å². The summed E-state index contributed by atoms with van der Waals surface area (Å²) in [4.78, 5) is 1.41. The highest BCUT2D eigenvalue weighted by Crippen LogP contribution is 2.28. The first-order chi connectivity index (χ1) is 5.08. The minimum absolute atomic E-state index is 0.981. The van der Waals surface area contributed by atoms with Crippen molar-refractivity contribution in [2.75, 3.05) is 0 Å². The van der Waals surface area contributed by atoms with E-state index in [1.165, 1.54) is 4.90 Å². The molecule has 0 aliphatic rings. The molecule has 60 valence electrons. The second-order valence-electron chi connectivity index (χ2n) is 3.53. The van der Waals surface area contributed by atoms with Gasteiger partial charge in [-0.2, -0.15) is 11.2 Å². The molecule has 1 aromatic carbocycles. The van der Waals surface area contributed by atoms with Crippen LogP contribution < -0.4 is 0 Å². The van der Waals surface area contributed by atoms with E-state index < -0.39 is 7.22 Å². The molecule has 1 aromatic rings. The van der Waals surface area contributed by atoms with E-state index >= 15 is 0 Å². The van der Waals surface area contributed by atoms with Crippen molar-refractivity contribution < 1.29 is 0 Å². The Balaban J connectivity index is 2.66. The lowest BCUT2D eigenvalue weighted by molar-refractivity contribution is 1.47. The molecule has 0 saturated heterocycles. The average molecular weight is 182 g/mol. The van der Waals surface area contributed by atoms with Gasteiger partial charge in [-0.1, -0.05) is 37.8 Å². The van der Waals surface area contributed by atoms with Crippen molar-refractivity contribution >= 4 is 18.4 Å². The van der Waals surface area contributed by atoms with E-state index in [-0.39, 0.29) is 0 Å². The zero-order valence-electron chi connectivity index (χ0n) is 7.29. The molecule has 0 unspecified atom stereocenters. The van der Waals surface area contributed by atoms with Crippen molar-refractivity contribution in [3.05, 3.63) is 30.3 Å². The Morgan fingerprint density at radius 3 is 2.00 bits per heavy atom. The fourth-order valence-corrected chi connectivity index (χ4v) is 4.37. The van der Waals surface area contributed by atoms with Crippen LogP contribution in [-0.2, 0) is 0 Å². The summed E-state index contributed by atoms with van der Waals surface area (Å²) >= 11 is 2.04. The van der Waals surface area contributed by atoms with Gasteiger partial charge in [-0.3, -0.25) is 0 Å². The van der Waals surface area contributed by atoms with Crippen LogP contribution in [0, 0.1) is 0 Å². The summed E-state index contributed by atoms with van der Waals surface area (Å²) in [5.41, 5.74) is 0. The van der Waals surface area contributed by atoms with Crippen molar-refractivity contribution in [1.29, 1.82) is 0 Å². The molecule has 2 heteroatoms. The molecule has 0 aromatic heterocycles. The predicted octanol–water partition coefficient (Wildman–Crippen LogP) is 3.61. The highest BCUT2D eigenvalue weighted by atomic mass is 32.4. The van der Waals surface area contributed by atoms with Crippen LogP contribution in [0.25, 0.3) is 0 Å². The molecular formula is C9H14SSi. The topological polar surface area (TPSA) is 0 Å². The first-order valence-corrected chi connectivity index (χ1v) is 8.86. The first-order valence-electron chi connectivity index (χ1n) is 3.82. The Labute approximate surface area is 73.7 Å². The highest BCUT2D eigenvalue weighted by Gasteiger charge is 2.13. The third-order valence-corrected chi connectivity index (χ3v) is 4.83. The van der Waals surface area contributed by atoms with Gasteiger partial charge in [0.15, 0.2) is 0 Å². The fraction of sp³-hybridized carbons (Fsp3) is 0.333. The van der Waals surface area contributed by atoms with Crippen LogP contribution in [-0.4, -0.2) is 7.22 Å². The van der Waals surface area contributed by atoms with E-state index in [2.05, 4.69) is 50.0 Å². The lowest BCUT2D eigenvalue weighted by Gasteiger charge is -2.14. The van der Waals surface area contributed by atoms with Crippen molar-refractivity contribution in [3.8, 4) is 0 Å². The zero-order chi connectivity index (χ0) is 8.32. The van der Waals surface area contributed by atoms with Gasteiger partial charge in [0.25, 0.3) is 0 Å². The maximum absolute atomic E-state index is 2.37. The summed E-state index contributed by atoms with van der Waals surface area (Å²) in [6.45, 7) is 7.10. The Hall–Kier alpha value is -0.213. The van der Waals surface area contributed by atoms with E-state index in [9.17, 15) is 0 Å². The molecule has 0 radical (unpaired) electrons. The van der Waals surface area contributed by atoms with E-state index in [0.717, 1.165) is 0 Å². The summed E-state index contributed by atoms with van der Waals surface area (Å²) in [6, 6.07) is 10.6. The third-order valence-electron chi connectivity index (χ3n) is 1.17. The minimum Gasteiger partial charge on any atom is -0.152 e. The van der Waals surface area contributed by atoms with Gasteiger partial charge in [-0.05, 0) is 12.1 Å². The van der Waals surface area contributed by atoms with Crippen molar-refractivity contribution in [2.24, 2.45) is 0 Å². The normalized spacial score (nSPS) is 11.5. The van der Waals surface area contributed by atoms with Crippen LogP contribution in [0.3, 0.4) is 0 Å². The van der Waals surface area contributed by atoms with Crippen LogP contribution in [0.5, 0.6) is 0 Å². The first kappa shape index (κ1) is 8.88. The van der Waals surface area contributed by atoms with E-state index in [0.29, 0.717) is 0 Å². The number of rotatable bonds is 2. The van der Waals surface area contributed by atoms with Gasteiger partial charge in [-0.15, -0.1) is 0 Å². The van der Waals surface area contributed by atoms with E-state index in [1.54, 1.807) is 0 Å². The number of hydrogen-bond donors (Lipinski definition) is 0. The molecule has 0 atom stereocenters.